The van der Waals surface area contributed by atoms with Gasteiger partial charge in [-0.3, -0.25) is 14.3 Å². The first-order valence-corrected chi connectivity index (χ1v) is 6.31. The molecule has 0 fully saturated rings. The van der Waals surface area contributed by atoms with Crippen LogP contribution in [0, 0.1) is 0 Å². The van der Waals surface area contributed by atoms with Gasteiger partial charge >= 0.3 is 5.69 Å². The Morgan fingerprint density at radius 2 is 2.00 bits per heavy atom. The Bertz CT molecular complexity index is 721. The van der Waals surface area contributed by atoms with E-state index in [9.17, 15) is 9.59 Å². The van der Waals surface area contributed by atoms with Crippen molar-refractivity contribution in [3.63, 3.8) is 0 Å². The molecule has 2 heterocycles. The lowest BCUT2D eigenvalue weighted by Crippen LogP contribution is -2.29. The van der Waals surface area contributed by atoms with Crippen LogP contribution in [0.2, 0.25) is 0 Å². The van der Waals surface area contributed by atoms with Crippen molar-refractivity contribution in [1.29, 1.82) is 0 Å². The number of aromatic nitrogens is 4. The average molecular weight is 262 g/mol. The first kappa shape index (κ1) is 13.3. The molecule has 2 aromatic rings. The van der Waals surface area contributed by atoms with Gasteiger partial charge in [0.05, 0.1) is 0 Å². The number of nitrogens with zero attached hydrogens (tertiary/aromatic N) is 3. The maximum Gasteiger partial charge on any atom is 0.329 e. The van der Waals surface area contributed by atoms with E-state index < -0.39 is 5.69 Å². The van der Waals surface area contributed by atoms with E-state index in [1.807, 2.05) is 6.08 Å². The Hall–Kier alpha value is -2.11. The van der Waals surface area contributed by atoms with Crippen molar-refractivity contribution < 1.29 is 0 Å². The normalized spacial score (nSPS) is 11.1. The third-order valence-electron chi connectivity index (χ3n) is 3.29. The molecule has 102 valence electrons. The van der Waals surface area contributed by atoms with Crippen molar-refractivity contribution in [3.05, 3.63) is 39.3 Å². The van der Waals surface area contributed by atoms with E-state index in [1.54, 1.807) is 18.7 Å². The predicted octanol–water partition coefficient (Wildman–Crippen LogP) is 0.859. The highest BCUT2D eigenvalue weighted by Crippen LogP contribution is 2.11. The second-order valence-electron chi connectivity index (χ2n) is 4.61. The second kappa shape index (κ2) is 5.26. The van der Waals surface area contributed by atoms with Crippen molar-refractivity contribution in [2.45, 2.75) is 25.7 Å². The second-order valence-corrected chi connectivity index (χ2v) is 4.61. The summed E-state index contributed by atoms with van der Waals surface area (Å²) in [5.41, 5.74) is 0.0649. The van der Waals surface area contributed by atoms with Gasteiger partial charge in [0.15, 0.2) is 11.2 Å². The molecule has 6 heteroatoms. The number of fused-ring (bicyclic) bond motifs is 1. The number of allylic oxidation sites excluding steroid dienone is 1. The molecule has 2 rings (SSSR count). The summed E-state index contributed by atoms with van der Waals surface area (Å²) < 4.78 is 3.13. The number of hydrogen-bond donors (Lipinski definition) is 1. The maximum atomic E-state index is 11.8. The van der Waals surface area contributed by atoms with Crippen LogP contribution in [-0.4, -0.2) is 19.1 Å². The van der Waals surface area contributed by atoms with E-state index in [0.29, 0.717) is 11.2 Å². The molecule has 0 aliphatic rings. The van der Waals surface area contributed by atoms with Gasteiger partial charge in [0.25, 0.3) is 5.56 Å². The molecule has 0 spiro atoms. The Balaban J connectivity index is 2.42. The van der Waals surface area contributed by atoms with Crippen LogP contribution in [0.15, 0.2) is 22.2 Å². The Labute approximate surface area is 110 Å². The van der Waals surface area contributed by atoms with Crippen LogP contribution in [-0.2, 0) is 20.5 Å². The van der Waals surface area contributed by atoms with Crippen LogP contribution in [0.1, 0.15) is 25.1 Å². The van der Waals surface area contributed by atoms with Gasteiger partial charge in [-0.2, -0.15) is 0 Å². The maximum absolute atomic E-state index is 11.8. The van der Waals surface area contributed by atoms with Crippen molar-refractivity contribution in [2.24, 2.45) is 14.1 Å². The largest absolute Gasteiger partial charge is 0.329 e. The number of H-pyrrole nitrogens is 1. The number of imidazole rings is 1. The zero-order valence-corrected chi connectivity index (χ0v) is 11.3. The molecule has 0 aliphatic heterocycles. The summed E-state index contributed by atoms with van der Waals surface area (Å²) in [5.74, 6) is 0.825. The lowest BCUT2D eigenvalue weighted by Gasteiger charge is -2.00. The molecule has 0 unspecified atom stereocenters. The fraction of sp³-hybridized carbons (Fsp3) is 0.462. The van der Waals surface area contributed by atoms with Crippen LogP contribution in [0.4, 0.5) is 0 Å². The highest BCUT2D eigenvalue weighted by Gasteiger charge is 2.14. The molecule has 2 aromatic heterocycles. The molecular formula is C13H18N4O2. The third kappa shape index (κ3) is 2.38. The summed E-state index contributed by atoms with van der Waals surface area (Å²) in [5, 5.41) is 0. The van der Waals surface area contributed by atoms with Gasteiger partial charge in [-0.05, 0) is 19.3 Å². The monoisotopic (exact) mass is 262 g/mol. The van der Waals surface area contributed by atoms with Crippen molar-refractivity contribution >= 4 is 11.2 Å². The highest BCUT2D eigenvalue weighted by molar-refractivity contribution is 5.70. The molecule has 19 heavy (non-hydrogen) atoms. The van der Waals surface area contributed by atoms with Crippen LogP contribution in [0.25, 0.3) is 11.2 Å². The standard InChI is InChI=1S/C13H18N4O2/c1-4-5-6-7-8-9-14-11-10(16(9)2)12(18)15-13(19)17(11)3/h4H,1,5-8H2,2-3H3,(H,15,18,19). The predicted molar refractivity (Wildman–Crippen MR) is 74.3 cm³/mol. The molecule has 0 aliphatic carbocycles. The smallest absolute Gasteiger partial charge is 0.325 e. The Morgan fingerprint density at radius 3 is 2.68 bits per heavy atom. The fourth-order valence-corrected chi connectivity index (χ4v) is 2.15. The van der Waals surface area contributed by atoms with Gasteiger partial charge in [-0.15, -0.1) is 6.58 Å². The number of nitrogens with one attached hydrogen (secondary N) is 1. The van der Waals surface area contributed by atoms with Gasteiger partial charge in [-0.25, -0.2) is 9.78 Å². The highest BCUT2D eigenvalue weighted by atomic mass is 16.2. The first-order valence-electron chi connectivity index (χ1n) is 6.31. The molecule has 0 amide bonds. The lowest BCUT2D eigenvalue weighted by molar-refractivity contribution is 0.694. The van der Waals surface area contributed by atoms with E-state index in [4.69, 9.17) is 0 Å². The molecule has 1 N–H and O–H groups in total. The van der Waals surface area contributed by atoms with Gasteiger partial charge in [0, 0.05) is 20.5 Å². The molecule has 0 aromatic carbocycles. The Kier molecular flexibility index (Phi) is 3.69. The lowest BCUT2D eigenvalue weighted by atomic mass is 10.2. The van der Waals surface area contributed by atoms with Crippen LogP contribution in [0.3, 0.4) is 0 Å². The Morgan fingerprint density at radius 1 is 1.26 bits per heavy atom. The van der Waals surface area contributed by atoms with Crippen LogP contribution in [0.5, 0.6) is 0 Å². The van der Waals surface area contributed by atoms with Crippen LogP contribution >= 0.6 is 0 Å². The van der Waals surface area contributed by atoms with E-state index in [1.165, 1.54) is 4.57 Å². The molecule has 0 atom stereocenters. The summed E-state index contributed by atoms with van der Waals surface area (Å²) in [6, 6.07) is 0. The van der Waals surface area contributed by atoms with E-state index in [-0.39, 0.29) is 5.56 Å². The van der Waals surface area contributed by atoms with Crippen molar-refractivity contribution in [1.82, 2.24) is 19.1 Å². The van der Waals surface area contributed by atoms with Crippen molar-refractivity contribution in [3.8, 4) is 0 Å². The minimum absolute atomic E-state index is 0.384. The summed E-state index contributed by atoms with van der Waals surface area (Å²) >= 11 is 0. The van der Waals surface area contributed by atoms with Gasteiger partial charge in [0.1, 0.15) is 5.82 Å². The zero-order valence-electron chi connectivity index (χ0n) is 11.3. The summed E-state index contributed by atoms with van der Waals surface area (Å²) in [4.78, 5) is 30.0. The number of hydrogen-bond acceptors (Lipinski definition) is 3. The van der Waals surface area contributed by atoms with Gasteiger partial charge in [0.2, 0.25) is 0 Å². The van der Waals surface area contributed by atoms with E-state index in [2.05, 4.69) is 16.5 Å². The fourth-order valence-electron chi connectivity index (χ4n) is 2.15. The average Bonchev–Trinajstić information content (AvgIpc) is 2.70. The summed E-state index contributed by atoms with van der Waals surface area (Å²) in [6.07, 6.45) is 5.68. The molecule has 0 bridgehead atoms. The zero-order chi connectivity index (χ0) is 14.0. The molecular weight excluding hydrogens is 244 g/mol. The topological polar surface area (TPSA) is 72.7 Å². The minimum Gasteiger partial charge on any atom is -0.325 e. The number of aromatic amines is 1. The number of aryl methyl sites for hydroxylation is 3. The number of unbranched alkanes of at least 4 members (excludes halogenated alkanes) is 2. The molecule has 0 saturated heterocycles. The summed E-state index contributed by atoms with van der Waals surface area (Å²) in [7, 11) is 3.41. The SMILES string of the molecule is C=CCCCCc1nc2c(c(=O)[nH]c(=O)n2C)n1C. The van der Waals surface area contributed by atoms with Crippen molar-refractivity contribution in [2.75, 3.05) is 0 Å². The molecule has 0 saturated carbocycles. The van der Waals surface area contributed by atoms with Gasteiger partial charge in [-0.1, -0.05) is 6.08 Å². The van der Waals surface area contributed by atoms with Crippen LogP contribution < -0.4 is 11.2 Å². The third-order valence-corrected chi connectivity index (χ3v) is 3.29. The minimum atomic E-state index is -0.436. The molecule has 0 radical (unpaired) electrons. The number of rotatable bonds is 5. The van der Waals surface area contributed by atoms with Gasteiger partial charge < -0.3 is 4.57 Å². The molecule has 6 nitrogen and oxygen atoms in total. The first-order chi connectivity index (χ1) is 9.06. The summed E-state index contributed by atoms with van der Waals surface area (Å²) in [6.45, 7) is 3.69. The van der Waals surface area contributed by atoms with E-state index >= 15 is 0 Å². The van der Waals surface area contributed by atoms with E-state index in [0.717, 1.165) is 31.5 Å². The quantitative estimate of drug-likeness (QED) is 0.641.